The Morgan fingerprint density at radius 3 is 3.15 bits per heavy atom. The van der Waals surface area contributed by atoms with E-state index in [1.807, 2.05) is 7.05 Å². The minimum atomic E-state index is 0.639. The molecule has 0 amide bonds. The number of rotatable bonds is 2. The van der Waals surface area contributed by atoms with E-state index in [-0.39, 0.29) is 0 Å². The van der Waals surface area contributed by atoms with Crippen LogP contribution in [-0.4, -0.2) is 20.1 Å². The number of anilines is 1. The van der Waals surface area contributed by atoms with Gasteiger partial charge in [0.25, 0.3) is 0 Å². The summed E-state index contributed by atoms with van der Waals surface area (Å²) in [4.78, 5) is 0. The Balaban J connectivity index is 2.29. The van der Waals surface area contributed by atoms with Crippen LogP contribution in [0.5, 0.6) is 0 Å². The van der Waals surface area contributed by atoms with Crippen LogP contribution in [0.2, 0.25) is 0 Å². The molecular weight excluding hydrogens is 160 g/mol. The summed E-state index contributed by atoms with van der Waals surface area (Å²) in [7, 11) is 2.01. The molecule has 0 aromatic heterocycles. The van der Waals surface area contributed by atoms with E-state index in [9.17, 15) is 0 Å². The molecule has 1 aromatic carbocycles. The monoisotopic (exact) mass is 176 g/mol. The lowest BCUT2D eigenvalue weighted by atomic mass is 9.99. The van der Waals surface area contributed by atoms with Gasteiger partial charge in [-0.1, -0.05) is 17.7 Å². The zero-order chi connectivity index (χ0) is 9.26. The third-order valence-corrected chi connectivity index (χ3v) is 2.64. The standard InChI is InChI=1S/C11H16N2/c1-8-3-4-11-10(5-8)9(6-12-2)7-13-11/h3-5,9,12-13H,6-7H2,1-2H3. The fourth-order valence-corrected chi connectivity index (χ4v) is 1.95. The van der Waals surface area contributed by atoms with Gasteiger partial charge in [0.15, 0.2) is 0 Å². The van der Waals surface area contributed by atoms with Crippen LogP contribution in [0, 0.1) is 6.92 Å². The largest absolute Gasteiger partial charge is 0.384 e. The maximum absolute atomic E-state index is 3.42. The van der Waals surface area contributed by atoms with Crippen molar-refractivity contribution in [1.29, 1.82) is 0 Å². The summed E-state index contributed by atoms with van der Waals surface area (Å²) in [6.45, 7) is 4.28. The third kappa shape index (κ3) is 1.54. The van der Waals surface area contributed by atoms with E-state index in [2.05, 4.69) is 35.8 Å². The van der Waals surface area contributed by atoms with Gasteiger partial charge >= 0.3 is 0 Å². The molecule has 1 unspecified atom stereocenters. The summed E-state index contributed by atoms with van der Waals surface area (Å²) in [5.41, 5.74) is 4.13. The maximum Gasteiger partial charge on any atom is 0.0377 e. The molecule has 1 heterocycles. The van der Waals surface area contributed by atoms with Gasteiger partial charge in [-0.3, -0.25) is 0 Å². The molecule has 1 aliphatic rings. The van der Waals surface area contributed by atoms with E-state index in [1.165, 1.54) is 16.8 Å². The average molecular weight is 176 g/mol. The van der Waals surface area contributed by atoms with Crippen molar-refractivity contribution in [1.82, 2.24) is 5.32 Å². The number of fused-ring (bicyclic) bond motifs is 1. The van der Waals surface area contributed by atoms with Crippen molar-refractivity contribution in [2.45, 2.75) is 12.8 Å². The highest BCUT2D eigenvalue weighted by Gasteiger charge is 2.20. The van der Waals surface area contributed by atoms with E-state index in [0.29, 0.717) is 5.92 Å². The minimum Gasteiger partial charge on any atom is -0.384 e. The van der Waals surface area contributed by atoms with Crippen LogP contribution < -0.4 is 10.6 Å². The summed E-state index contributed by atoms with van der Waals surface area (Å²) in [6.07, 6.45) is 0. The lowest BCUT2D eigenvalue weighted by Crippen LogP contribution is -2.18. The normalized spacial score (nSPS) is 19.7. The van der Waals surface area contributed by atoms with Crippen LogP contribution in [0.3, 0.4) is 0 Å². The van der Waals surface area contributed by atoms with Gasteiger partial charge in [0.05, 0.1) is 0 Å². The summed E-state index contributed by atoms with van der Waals surface area (Å²) in [5, 5.41) is 6.65. The van der Waals surface area contributed by atoms with Gasteiger partial charge in [-0.25, -0.2) is 0 Å². The predicted octanol–water partition coefficient (Wildman–Crippen LogP) is 1.72. The van der Waals surface area contributed by atoms with Crippen LogP contribution in [0.15, 0.2) is 18.2 Å². The van der Waals surface area contributed by atoms with Crippen LogP contribution >= 0.6 is 0 Å². The molecule has 0 spiro atoms. The molecule has 0 radical (unpaired) electrons. The number of hydrogen-bond acceptors (Lipinski definition) is 2. The Labute approximate surface area is 79.4 Å². The first kappa shape index (κ1) is 8.57. The van der Waals surface area contributed by atoms with Crippen molar-refractivity contribution < 1.29 is 0 Å². The van der Waals surface area contributed by atoms with Crippen molar-refractivity contribution in [3.63, 3.8) is 0 Å². The molecule has 0 bridgehead atoms. The summed E-state index contributed by atoms with van der Waals surface area (Å²) in [6, 6.07) is 6.63. The second-order valence-electron chi connectivity index (χ2n) is 3.73. The molecule has 2 N–H and O–H groups in total. The first-order valence-electron chi connectivity index (χ1n) is 4.80. The molecular formula is C11H16N2. The van der Waals surface area contributed by atoms with Gasteiger partial charge in [0, 0.05) is 24.7 Å². The second kappa shape index (κ2) is 3.38. The Kier molecular flexibility index (Phi) is 2.23. The Morgan fingerprint density at radius 2 is 2.38 bits per heavy atom. The van der Waals surface area contributed by atoms with Gasteiger partial charge in [-0.2, -0.15) is 0 Å². The van der Waals surface area contributed by atoms with Gasteiger partial charge in [0.2, 0.25) is 0 Å². The lowest BCUT2D eigenvalue weighted by Gasteiger charge is -2.09. The number of likely N-dealkylation sites (N-methyl/N-ethyl adjacent to an activating group) is 1. The molecule has 1 atom stereocenters. The molecule has 1 aromatic rings. The zero-order valence-electron chi connectivity index (χ0n) is 8.22. The topological polar surface area (TPSA) is 24.1 Å². The van der Waals surface area contributed by atoms with Crippen LogP contribution in [-0.2, 0) is 0 Å². The fourth-order valence-electron chi connectivity index (χ4n) is 1.95. The SMILES string of the molecule is CNCC1CNc2ccc(C)cc21. The van der Waals surface area contributed by atoms with Gasteiger partial charge in [0.1, 0.15) is 0 Å². The van der Waals surface area contributed by atoms with E-state index in [4.69, 9.17) is 0 Å². The van der Waals surface area contributed by atoms with E-state index >= 15 is 0 Å². The number of hydrogen-bond donors (Lipinski definition) is 2. The first-order valence-corrected chi connectivity index (χ1v) is 4.80. The Bertz CT molecular complexity index is 305. The highest BCUT2D eigenvalue weighted by molar-refractivity contribution is 5.58. The number of benzene rings is 1. The van der Waals surface area contributed by atoms with Gasteiger partial charge in [-0.05, 0) is 25.6 Å². The quantitative estimate of drug-likeness (QED) is 0.717. The zero-order valence-corrected chi connectivity index (χ0v) is 8.22. The van der Waals surface area contributed by atoms with E-state index in [1.54, 1.807) is 0 Å². The summed E-state index contributed by atoms with van der Waals surface area (Å²) < 4.78 is 0. The molecule has 2 nitrogen and oxygen atoms in total. The molecule has 2 rings (SSSR count). The van der Waals surface area contributed by atoms with Crippen LogP contribution in [0.4, 0.5) is 5.69 Å². The van der Waals surface area contributed by atoms with Crippen LogP contribution in [0.1, 0.15) is 17.0 Å². The molecule has 70 valence electrons. The highest BCUT2D eigenvalue weighted by Crippen LogP contribution is 2.31. The van der Waals surface area contributed by atoms with Crippen LogP contribution in [0.25, 0.3) is 0 Å². The molecule has 13 heavy (non-hydrogen) atoms. The fraction of sp³-hybridized carbons (Fsp3) is 0.455. The molecule has 0 fully saturated rings. The lowest BCUT2D eigenvalue weighted by molar-refractivity contribution is 0.674. The Morgan fingerprint density at radius 1 is 1.54 bits per heavy atom. The second-order valence-corrected chi connectivity index (χ2v) is 3.73. The minimum absolute atomic E-state index is 0.639. The smallest absolute Gasteiger partial charge is 0.0377 e. The highest BCUT2D eigenvalue weighted by atomic mass is 14.9. The van der Waals surface area contributed by atoms with E-state index in [0.717, 1.165) is 13.1 Å². The molecule has 0 saturated carbocycles. The molecule has 0 aliphatic carbocycles. The van der Waals surface area contributed by atoms with E-state index < -0.39 is 0 Å². The van der Waals surface area contributed by atoms with Crippen molar-refractivity contribution in [3.8, 4) is 0 Å². The van der Waals surface area contributed by atoms with Crippen molar-refractivity contribution >= 4 is 5.69 Å². The predicted molar refractivity (Wildman–Crippen MR) is 56.3 cm³/mol. The molecule has 0 saturated heterocycles. The average Bonchev–Trinajstić information content (AvgIpc) is 2.49. The number of aryl methyl sites for hydroxylation is 1. The Hall–Kier alpha value is -1.02. The molecule has 2 heteroatoms. The first-order chi connectivity index (χ1) is 6.31. The van der Waals surface area contributed by atoms with Crippen molar-refractivity contribution in [2.75, 3.05) is 25.5 Å². The summed E-state index contributed by atoms with van der Waals surface area (Å²) >= 11 is 0. The van der Waals surface area contributed by atoms with Crippen molar-refractivity contribution in [2.24, 2.45) is 0 Å². The van der Waals surface area contributed by atoms with Gasteiger partial charge < -0.3 is 10.6 Å². The molecule has 1 aliphatic heterocycles. The van der Waals surface area contributed by atoms with Crippen molar-refractivity contribution in [3.05, 3.63) is 29.3 Å². The summed E-state index contributed by atoms with van der Waals surface area (Å²) in [5.74, 6) is 0.639. The third-order valence-electron chi connectivity index (χ3n) is 2.64. The number of nitrogens with one attached hydrogen (secondary N) is 2. The maximum atomic E-state index is 3.42. The van der Waals surface area contributed by atoms with Gasteiger partial charge in [-0.15, -0.1) is 0 Å².